The van der Waals surface area contributed by atoms with Crippen molar-refractivity contribution >= 4 is 34.3 Å². The summed E-state index contributed by atoms with van der Waals surface area (Å²) in [6.07, 6.45) is 1.73. The number of fused-ring (bicyclic) bond motifs is 3. The van der Waals surface area contributed by atoms with E-state index in [1.165, 1.54) is 0 Å². The molecule has 5 nitrogen and oxygen atoms in total. The fraction of sp³-hybridized carbons (Fsp3) is 0.333. The van der Waals surface area contributed by atoms with Crippen molar-refractivity contribution in [2.75, 3.05) is 6.54 Å². The van der Waals surface area contributed by atoms with E-state index in [1.807, 2.05) is 38.1 Å². The average molecular weight is 426 g/mol. The highest BCUT2D eigenvalue weighted by atomic mass is 35.5. The maximum Gasteiger partial charge on any atom is 0.287 e. The molecule has 3 aromatic rings. The number of ether oxygens (including phenoxy) is 1. The van der Waals surface area contributed by atoms with Crippen LogP contribution in [0, 0.1) is 6.92 Å². The molecule has 1 amide bonds. The van der Waals surface area contributed by atoms with E-state index in [0.717, 1.165) is 12.0 Å². The number of hydrogen-bond donors (Lipinski definition) is 1. The van der Waals surface area contributed by atoms with Crippen molar-refractivity contribution in [2.45, 2.75) is 45.6 Å². The number of rotatable bonds is 5. The third-order valence-electron chi connectivity index (χ3n) is 5.79. The summed E-state index contributed by atoms with van der Waals surface area (Å²) in [6.45, 7) is 6.22. The normalized spacial score (nSPS) is 18.2. The molecular weight excluding hydrogens is 402 g/mol. The molecule has 1 N–H and O–H groups in total. The number of halogens is 1. The first kappa shape index (κ1) is 20.5. The van der Waals surface area contributed by atoms with Crippen LogP contribution >= 0.6 is 11.6 Å². The quantitative estimate of drug-likeness (QED) is 0.585. The van der Waals surface area contributed by atoms with Gasteiger partial charge in [-0.15, -0.1) is 0 Å². The number of Topliss-reactive ketones (excluding diaryl/α,β-unsaturated/α-hetero) is 1. The Balaban J connectivity index is 1.58. The second-order valence-electron chi connectivity index (χ2n) is 8.01. The molecule has 2 heterocycles. The molecule has 156 valence electrons. The van der Waals surface area contributed by atoms with Crippen molar-refractivity contribution < 1.29 is 18.7 Å². The summed E-state index contributed by atoms with van der Waals surface area (Å²) in [4.78, 5) is 25.7. The first-order valence-corrected chi connectivity index (χ1v) is 10.5. The topological polar surface area (TPSA) is 68.5 Å². The number of aryl methyl sites for hydroxylation is 1. The molecule has 0 saturated carbocycles. The van der Waals surface area contributed by atoms with E-state index in [1.54, 1.807) is 19.1 Å². The monoisotopic (exact) mass is 425 g/mol. The van der Waals surface area contributed by atoms with Crippen molar-refractivity contribution in [3.8, 4) is 5.75 Å². The third kappa shape index (κ3) is 3.70. The van der Waals surface area contributed by atoms with Gasteiger partial charge in [0.2, 0.25) is 0 Å². The molecule has 0 aliphatic carbocycles. The van der Waals surface area contributed by atoms with Gasteiger partial charge in [-0.25, -0.2) is 0 Å². The number of ketones is 1. The summed E-state index contributed by atoms with van der Waals surface area (Å²) in [7, 11) is 0. The molecule has 0 saturated heterocycles. The largest absolute Gasteiger partial charge is 0.486 e. The smallest absolute Gasteiger partial charge is 0.287 e. The van der Waals surface area contributed by atoms with Crippen LogP contribution in [0.2, 0.25) is 5.02 Å². The van der Waals surface area contributed by atoms with Crippen molar-refractivity contribution in [2.24, 2.45) is 0 Å². The number of hydrogen-bond acceptors (Lipinski definition) is 4. The maximum absolute atomic E-state index is 12.9. The Morgan fingerprint density at radius 1 is 1.20 bits per heavy atom. The van der Waals surface area contributed by atoms with Gasteiger partial charge in [0.15, 0.2) is 11.5 Å². The molecule has 30 heavy (non-hydrogen) atoms. The van der Waals surface area contributed by atoms with Gasteiger partial charge in [0.05, 0.1) is 12.0 Å². The van der Waals surface area contributed by atoms with E-state index in [4.69, 9.17) is 20.8 Å². The molecule has 4 rings (SSSR count). The van der Waals surface area contributed by atoms with E-state index in [-0.39, 0.29) is 17.5 Å². The summed E-state index contributed by atoms with van der Waals surface area (Å²) in [5.74, 6) is 0.506. The van der Waals surface area contributed by atoms with E-state index in [0.29, 0.717) is 52.3 Å². The summed E-state index contributed by atoms with van der Waals surface area (Å²) >= 11 is 5.90. The summed E-state index contributed by atoms with van der Waals surface area (Å²) in [5, 5.41) is 4.24. The Labute approximate surface area is 180 Å². The molecule has 1 atom stereocenters. The Bertz CT molecular complexity index is 1130. The van der Waals surface area contributed by atoms with Gasteiger partial charge >= 0.3 is 0 Å². The Kier molecular flexibility index (Phi) is 5.33. The van der Waals surface area contributed by atoms with Gasteiger partial charge in [-0.1, -0.05) is 30.7 Å². The number of carbonyl (C=O) groups excluding carboxylic acids is 2. The van der Waals surface area contributed by atoms with E-state index < -0.39 is 5.60 Å². The van der Waals surface area contributed by atoms with Gasteiger partial charge in [0.1, 0.15) is 16.9 Å². The van der Waals surface area contributed by atoms with Crippen molar-refractivity contribution in [3.63, 3.8) is 0 Å². The summed E-state index contributed by atoms with van der Waals surface area (Å²) < 4.78 is 12.0. The third-order valence-corrected chi connectivity index (χ3v) is 6.04. The molecule has 0 spiro atoms. The Morgan fingerprint density at radius 3 is 2.63 bits per heavy atom. The zero-order valence-electron chi connectivity index (χ0n) is 17.3. The van der Waals surface area contributed by atoms with E-state index >= 15 is 0 Å². The Hall–Kier alpha value is -2.79. The van der Waals surface area contributed by atoms with Crippen LogP contribution in [0.25, 0.3) is 11.0 Å². The minimum Gasteiger partial charge on any atom is -0.486 e. The van der Waals surface area contributed by atoms with Gasteiger partial charge in [-0.05, 0) is 56.5 Å². The SMILES string of the molecule is CC[C@@]1(C)CC(=O)c2c(ccc3oc(C(=O)NCCc4ccc(Cl)cc4)c(C)c23)O1. The highest BCUT2D eigenvalue weighted by molar-refractivity contribution is 6.30. The first-order chi connectivity index (χ1) is 14.3. The second kappa shape index (κ2) is 7.80. The molecule has 0 radical (unpaired) electrons. The lowest BCUT2D eigenvalue weighted by atomic mass is 9.87. The number of nitrogens with one attached hydrogen (secondary N) is 1. The van der Waals surface area contributed by atoms with Gasteiger partial charge in [0, 0.05) is 22.5 Å². The lowest BCUT2D eigenvalue weighted by molar-refractivity contribution is 0.0503. The highest BCUT2D eigenvalue weighted by Crippen LogP contribution is 2.41. The molecule has 0 unspecified atom stereocenters. The molecule has 2 aromatic carbocycles. The number of furan rings is 1. The van der Waals surface area contributed by atoms with Crippen LogP contribution in [0.4, 0.5) is 0 Å². The molecule has 1 aliphatic rings. The van der Waals surface area contributed by atoms with Crippen molar-refractivity contribution in [1.29, 1.82) is 0 Å². The fourth-order valence-electron chi connectivity index (χ4n) is 3.88. The van der Waals surface area contributed by atoms with Gasteiger partial charge in [-0.3, -0.25) is 9.59 Å². The van der Waals surface area contributed by atoms with Crippen LogP contribution in [0.15, 0.2) is 40.8 Å². The van der Waals surface area contributed by atoms with Crippen molar-refractivity contribution in [1.82, 2.24) is 5.32 Å². The molecule has 1 aliphatic heterocycles. The number of amides is 1. The highest BCUT2D eigenvalue weighted by Gasteiger charge is 2.37. The standard InChI is InChI=1S/C24H24ClNO4/c1-4-24(3)13-17(27)21-19(30-24)10-9-18-20(21)14(2)22(29-18)23(28)26-12-11-15-5-7-16(25)8-6-15/h5-10H,4,11-13H2,1-3H3,(H,26,28)/t24-/m0/s1. The number of carbonyl (C=O) groups is 2. The zero-order valence-corrected chi connectivity index (χ0v) is 18.1. The summed E-state index contributed by atoms with van der Waals surface area (Å²) in [6, 6.07) is 11.0. The van der Waals surface area contributed by atoms with Crippen molar-refractivity contribution in [3.05, 3.63) is 63.9 Å². The van der Waals surface area contributed by atoms with Gasteiger partial charge in [-0.2, -0.15) is 0 Å². The van der Waals surface area contributed by atoms with Crippen LogP contribution < -0.4 is 10.1 Å². The van der Waals surface area contributed by atoms with Crippen LogP contribution in [0.3, 0.4) is 0 Å². The first-order valence-electron chi connectivity index (χ1n) is 10.1. The van der Waals surface area contributed by atoms with Crippen LogP contribution in [0.5, 0.6) is 5.75 Å². The van der Waals surface area contributed by atoms with Crippen LogP contribution in [-0.2, 0) is 6.42 Å². The maximum atomic E-state index is 12.9. The minimum atomic E-state index is -0.503. The fourth-order valence-corrected chi connectivity index (χ4v) is 4.00. The second-order valence-corrected chi connectivity index (χ2v) is 8.44. The molecule has 1 aromatic heterocycles. The summed E-state index contributed by atoms with van der Waals surface area (Å²) in [5.41, 5.74) is 2.27. The van der Waals surface area contributed by atoms with Crippen LogP contribution in [-0.4, -0.2) is 23.8 Å². The Morgan fingerprint density at radius 2 is 1.93 bits per heavy atom. The number of benzene rings is 2. The molecule has 0 fully saturated rings. The zero-order chi connectivity index (χ0) is 21.5. The van der Waals surface area contributed by atoms with Gasteiger partial charge in [0.25, 0.3) is 5.91 Å². The van der Waals surface area contributed by atoms with Gasteiger partial charge < -0.3 is 14.5 Å². The molecular formula is C24H24ClNO4. The average Bonchev–Trinajstić information content (AvgIpc) is 3.06. The predicted molar refractivity (Wildman–Crippen MR) is 117 cm³/mol. The molecule has 6 heteroatoms. The molecule has 0 bridgehead atoms. The van der Waals surface area contributed by atoms with E-state index in [9.17, 15) is 9.59 Å². The lowest BCUT2D eigenvalue weighted by Gasteiger charge is -2.34. The predicted octanol–water partition coefficient (Wildman–Crippen LogP) is 5.50. The van der Waals surface area contributed by atoms with Crippen LogP contribution in [0.1, 0.15) is 58.7 Å². The minimum absolute atomic E-state index is 0.0183. The van der Waals surface area contributed by atoms with E-state index in [2.05, 4.69) is 5.32 Å². The lowest BCUT2D eigenvalue weighted by Crippen LogP contribution is -2.38.